The molecular weight excluding hydrogens is 273 g/mol. The van der Waals surface area contributed by atoms with Crippen LogP contribution in [-0.2, 0) is 0 Å². The quantitative estimate of drug-likeness (QED) is 0.651. The summed E-state index contributed by atoms with van der Waals surface area (Å²) in [5, 5.41) is 1.52. The molecule has 0 bridgehead atoms. The second kappa shape index (κ2) is 4.13. The zero-order valence-corrected chi connectivity index (χ0v) is 11.4. The van der Waals surface area contributed by atoms with E-state index in [4.69, 9.17) is 23.2 Å². The minimum Gasteiger partial charge on any atom is -0.343 e. The van der Waals surface area contributed by atoms with Crippen molar-refractivity contribution in [1.82, 2.24) is 0 Å². The molecule has 0 N–H and O–H groups in total. The number of halogens is 2. The predicted molar refractivity (Wildman–Crippen MR) is 75.1 cm³/mol. The Labute approximate surface area is 114 Å². The molecule has 0 atom stereocenters. The van der Waals surface area contributed by atoms with Gasteiger partial charge < -0.3 is 4.90 Å². The maximum absolute atomic E-state index is 6.02. The first-order valence-electron chi connectivity index (χ1n) is 5.16. The Kier molecular flexibility index (Phi) is 2.74. The number of hydrogen-bond acceptors (Lipinski definition) is 2. The second-order valence-electron chi connectivity index (χ2n) is 3.89. The third kappa shape index (κ3) is 1.90. The lowest BCUT2D eigenvalue weighted by Gasteiger charge is -2.29. The van der Waals surface area contributed by atoms with Crippen LogP contribution in [0.4, 0.5) is 11.4 Å². The molecule has 0 amide bonds. The Morgan fingerprint density at radius 2 is 1.35 bits per heavy atom. The van der Waals surface area contributed by atoms with Crippen molar-refractivity contribution < 1.29 is 0 Å². The van der Waals surface area contributed by atoms with E-state index < -0.39 is 0 Å². The van der Waals surface area contributed by atoms with Gasteiger partial charge in [0, 0.05) is 26.9 Å². The maximum atomic E-state index is 6.02. The van der Waals surface area contributed by atoms with E-state index in [2.05, 4.69) is 11.9 Å². The number of rotatable bonds is 0. The van der Waals surface area contributed by atoms with E-state index in [1.165, 1.54) is 11.4 Å². The van der Waals surface area contributed by atoms with Gasteiger partial charge in [-0.2, -0.15) is 0 Å². The molecule has 0 aromatic heterocycles. The van der Waals surface area contributed by atoms with Gasteiger partial charge in [0.15, 0.2) is 0 Å². The van der Waals surface area contributed by atoms with Gasteiger partial charge >= 0.3 is 0 Å². The fourth-order valence-electron chi connectivity index (χ4n) is 1.94. The first kappa shape index (κ1) is 11.3. The molecule has 0 radical (unpaired) electrons. The highest BCUT2D eigenvalue weighted by atomic mass is 35.5. The Balaban J connectivity index is 2.17. The van der Waals surface area contributed by atoms with Crippen LogP contribution in [0.25, 0.3) is 0 Å². The van der Waals surface area contributed by atoms with Crippen molar-refractivity contribution in [3.63, 3.8) is 0 Å². The SMILES string of the molecule is CN1c2ccc(Cl)cc2Sc2cc(Cl)ccc21. The summed E-state index contributed by atoms with van der Waals surface area (Å²) in [5.41, 5.74) is 2.35. The third-order valence-electron chi connectivity index (χ3n) is 2.79. The van der Waals surface area contributed by atoms with E-state index in [0.29, 0.717) is 0 Å². The standard InChI is InChI=1S/C13H9Cl2NS/c1-16-10-4-2-8(14)6-12(10)17-13-7-9(15)3-5-11(13)16/h2-7H,1H3. The molecule has 1 aliphatic heterocycles. The largest absolute Gasteiger partial charge is 0.343 e. The van der Waals surface area contributed by atoms with E-state index in [-0.39, 0.29) is 0 Å². The van der Waals surface area contributed by atoms with Crippen LogP contribution in [0.5, 0.6) is 0 Å². The zero-order valence-electron chi connectivity index (χ0n) is 9.08. The molecule has 0 saturated heterocycles. The summed E-state index contributed by atoms with van der Waals surface area (Å²) < 4.78 is 0. The first-order chi connectivity index (χ1) is 8.15. The van der Waals surface area contributed by atoms with Crippen LogP contribution >= 0.6 is 35.0 Å². The van der Waals surface area contributed by atoms with Gasteiger partial charge in [-0.05, 0) is 36.4 Å². The molecule has 0 fully saturated rings. The summed E-state index contributed by atoms with van der Waals surface area (Å²) in [7, 11) is 2.05. The van der Waals surface area contributed by atoms with Crippen LogP contribution in [0.2, 0.25) is 10.0 Å². The van der Waals surface area contributed by atoms with Crippen LogP contribution in [0.1, 0.15) is 0 Å². The molecule has 17 heavy (non-hydrogen) atoms. The van der Waals surface area contributed by atoms with Gasteiger partial charge in [-0.1, -0.05) is 35.0 Å². The molecule has 4 heteroatoms. The molecule has 2 aromatic rings. The monoisotopic (exact) mass is 281 g/mol. The van der Waals surface area contributed by atoms with Crippen molar-refractivity contribution in [2.45, 2.75) is 9.79 Å². The predicted octanol–water partition coefficient (Wildman–Crippen LogP) is 5.23. The number of hydrogen-bond donors (Lipinski definition) is 0. The topological polar surface area (TPSA) is 3.24 Å². The van der Waals surface area contributed by atoms with Crippen molar-refractivity contribution >= 4 is 46.3 Å². The summed E-state index contributed by atoms with van der Waals surface area (Å²) >= 11 is 13.8. The van der Waals surface area contributed by atoms with Crippen LogP contribution in [-0.4, -0.2) is 7.05 Å². The van der Waals surface area contributed by atoms with Crippen molar-refractivity contribution in [2.75, 3.05) is 11.9 Å². The van der Waals surface area contributed by atoms with Gasteiger partial charge in [0.25, 0.3) is 0 Å². The Morgan fingerprint density at radius 3 is 1.82 bits per heavy atom. The third-order valence-corrected chi connectivity index (χ3v) is 4.35. The van der Waals surface area contributed by atoms with E-state index in [9.17, 15) is 0 Å². The van der Waals surface area contributed by atoms with Crippen molar-refractivity contribution in [2.24, 2.45) is 0 Å². The lowest BCUT2D eigenvalue weighted by Crippen LogP contribution is -2.14. The smallest absolute Gasteiger partial charge is 0.0551 e. The molecule has 0 aliphatic carbocycles. The van der Waals surface area contributed by atoms with E-state index in [1.54, 1.807) is 11.8 Å². The van der Waals surface area contributed by atoms with Gasteiger partial charge in [-0.15, -0.1) is 0 Å². The fraction of sp³-hybridized carbons (Fsp3) is 0.0769. The van der Waals surface area contributed by atoms with Crippen molar-refractivity contribution in [3.8, 4) is 0 Å². The number of benzene rings is 2. The van der Waals surface area contributed by atoms with Gasteiger partial charge in [0.05, 0.1) is 11.4 Å². The summed E-state index contributed by atoms with van der Waals surface area (Å²) in [6.45, 7) is 0. The molecule has 0 spiro atoms. The molecule has 86 valence electrons. The molecule has 1 nitrogen and oxygen atoms in total. The van der Waals surface area contributed by atoms with Crippen LogP contribution in [0.3, 0.4) is 0 Å². The van der Waals surface area contributed by atoms with E-state index >= 15 is 0 Å². The Bertz CT molecular complexity index is 546. The van der Waals surface area contributed by atoms with Crippen LogP contribution in [0.15, 0.2) is 46.2 Å². The van der Waals surface area contributed by atoms with Gasteiger partial charge in [-0.3, -0.25) is 0 Å². The average Bonchev–Trinajstić information content (AvgIpc) is 2.28. The van der Waals surface area contributed by atoms with Gasteiger partial charge in [-0.25, -0.2) is 0 Å². The lowest BCUT2D eigenvalue weighted by atomic mass is 10.2. The molecule has 2 aromatic carbocycles. The van der Waals surface area contributed by atoms with E-state index in [0.717, 1.165) is 19.8 Å². The first-order valence-corrected chi connectivity index (χ1v) is 6.73. The maximum Gasteiger partial charge on any atom is 0.0551 e. The second-order valence-corrected chi connectivity index (χ2v) is 5.84. The minimum atomic E-state index is 0.759. The fourth-order valence-corrected chi connectivity index (χ4v) is 3.64. The summed E-state index contributed by atoms with van der Waals surface area (Å²) in [6.07, 6.45) is 0. The highest BCUT2D eigenvalue weighted by molar-refractivity contribution is 7.99. The summed E-state index contributed by atoms with van der Waals surface area (Å²) in [4.78, 5) is 4.48. The molecule has 0 unspecified atom stereocenters. The molecular formula is C13H9Cl2NS. The molecule has 3 rings (SSSR count). The lowest BCUT2D eigenvalue weighted by molar-refractivity contribution is 1.11. The van der Waals surface area contributed by atoms with E-state index in [1.807, 2.05) is 36.4 Å². The molecule has 0 saturated carbocycles. The Morgan fingerprint density at radius 1 is 0.882 bits per heavy atom. The van der Waals surface area contributed by atoms with Crippen molar-refractivity contribution in [1.29, 1.82) is 0 Å². The van der Waals surface area contributed by atoms with Crippen LogP contribution in [0, 0.1) is 0 Å². The van der Waals surface area contributed by atoms with Gasteiger partial charge in [0.2, 0.25) is 0 Å². The Hall–Kier alpha value is -0.830. The van der Waals surface area contributed by atoms with Crippen molar-refractivity contribution in [3.05, 3.63) is 46.4 Å². The number of anilines is 2. The number of nitrogens with zero attached hydrogens (tertiary/aromatic N) is 1. The van der Waals surface area contributed by atoms with Crippen LogP contribution < -0.4 is 4.90 Å². The normalized spacial score (nSPS) is 13.2. The summed E-state index contributed by atoms with van der Waals surface area (Å²) in [5.74, 6) is 0. The minimum absolute atomic E-state index is 0.759. The summed E-state index contributed by atoms with van der Waals surface area (Å²) in [6, 6.07) is 11.9. The number of fused-ring (bicyclic) bond motifs is 2. The van der Waals surface area contributed by atoms with Gasteiger partial charge in [0.1, 0.15) is 0 Å². The highest BCUT2D eigenvalue weighted by Gasteiger charge is 2.20. The zero-order chi connectivity index (χ0) is 12.0. The molecule has 1 aliphatic rings. The highest BCUT2D eigenvalue weighted by Crippen LogP contribution is 2.48. The average molecular weight is 282 g/mol. The molecule has 1 heterocycles.